The van der Waals surface area contributed by atoms with Crippen molar-refractivity contribution < 1.29 is 9.72 Å². The molecule has 0 aliphatic heterocycles. The van der Waals surface area contributed by atoms with Crippen molar-refractivity contribution in [1.29, 1.82) is 0 Å². The van der Waals surface area contributed by atoms with Crippen molar-refractivity contribution >= 4 is 51.5 Å². The summed E-state index contributed by atoms with van der Waals surface area (Å²) in [6.45, 7) is 1.78. The van der Waals surface area contributed by atoms with Crippen LogP contribution in [0.25, 0.3) is 0 Å². The van der Waals surface area contributed by atoms with E-state index in [4.69, 9.17) is 11.6 Å². The maximum atomic E-state index is 12.3. The average Bonchev–Trinajstić information content (AvgIpc) is 2.43. The lowest BCUT2D eigenvalue weighted by Crippen LogP contribution is -2.15. The summed E-state index contributed by atoms with van der Waals surface area (Å²) in [5.74, 6) is -0.471. The fourth-order valence-corrected chi connectivity index (χ4v) is 2.49. The number of aryl methyl sites for hydroxylation is 1. The quantitative estimate of drug-likeness (QED) is 0.356. The summed E-state index contributed by atoms with van der Waals surface area (Å²) in [6.07, 6.45) is 1.53. The number of benzene rings is 1. The van der Waals surface area contributed by atoms with Crippen LogP contribution in [0.2, 0.25) is 5.15 Å². The molecule has 0 aliphatic carbocycles. The van der Waals surface area contributed by atoms with Crippen LogP contribution in [0.15, 0.2) is 30.5 Å². The molecule has 0 atom stereocenters. The lowest BCUT2D eigenvalue weighted by atomic mass is 10.1. The molecule has 6 nitrogen and oxygen atoms in total. The van der Waals surface area contributed by atoms with E-state index in [0.29, 0.717) is 9.26 Å². The molecule has 0 spiro atoms. The second-order valence-corrected chi connectivity index (χ2v) is 5.69. The number of carbonyl (C=O) groups excluding carboxylic acids is 1. The normalized spacial score (nSPS) is 10.2. The summed E-state index contributed by atoms with van der Waals surface area (Å²) in [5, 5.41) is 13.6. The molecule has 21 heavy (non-hydrogen) atoms. The zero-order chi connectivity index (χ0) is 15.6. The molecular formula is C13H9ClIN3O3. The van der Waals surface area contributed by atoms with Crippen LogP contribution in [0.4, 0.5) is 11.4 Å². The molecule has 1 amide bonds. The van der Waals surface area contributed by atoms with Crippen LogP contribution in [-0.4, -0.2) is 15.8 Å². The second kappa shape index (κ2) is 6.35. The van der Waals surface area contributed by atoms with E-state index < -0.39 is 10.8 Å². The third-order valence-corrected chi connectivity index (χ3v) is 3.98. The number of amides is 1. The number of pyridine rings is 1. The van der Waals surface area contributed by atoms with Gasteiger partial charge >= 0.3 is 0 Å². The molecule has 1 N–H and O–H groups in total. The highest BCUT2D eigenvalue weighted by Crippen LogP contribution is 2.25. The highest BCUT2D eigenvalue weighted by Gasteiger charge is 2.17. The lowest BCUT2D eigenvalue weighted by molar-refractivity contribution is -0.384. The highest BCUT2D eigenvalue weighted by atomic mass is 127. The molecular weight excluding hydrogens is 409 g/mol. The molecule has 0 unspecified atom stereocenters. The minimum Gasteiger partial charge on any atom is -0.319 e. The number of non-ortho nitro benzene ring substituents is 1. The first-order valence-corrected chi connectivity index (χ1v) is 7.22. The van der Waals surface area contributed by atoms with Gasteiger partial charge in [0.05, 0.1) is 16.2 Å². The van der Waals surface area contributed by atoms with Gasteiger partial charge in [-0.05, 0) is 47.2 Å². The first kappa shape index (κ1) is 15.6. The predicted octanol–water partition coefficient (Wildman–Crippen LogP) is 3.81. The summed E-state index contributed by atoms with van der Waals surface area (Å²) in [6, 6.07) is 5.81. The Kier molecular flexibility index (Phi) is 4.73. The Hall–Kier alpha value is -1.74. The van der Waals surface area contributed by atoms with Crippen molar-refractivity contribution in [1.82, 2.24) is 4.98 Å². The first-order valence-electron chi connectivity index (χ1n) is 5.76. The highest BCUT2D eigenvalue weighted by molar-refractivity contribution is 14.1. The van der Waals surface area contributed by atoms with E-state index in [2.05, 4.69) is 10.3 Å². The second-order valence-electron chi connectivity index (χ2n) is 4.17. The summed E-state index contributed by atoms with van der Waals surface area (Å²) < 4.78 is 0.605. The Morgan fingerprint density at radius 2 is 2.14 bits per heavy atom. The average molecular weight is 418 g/mol. The van der Waals surface area contributed by atoms with Crippen LogP contribution in [0.1, 0.15) is 15.9 Å². The number of hydrogen-bond donors (Lipinski definition) is 1. The van der Waals surface area contributed by atoms with Gasteiger partial charge in [-0.15, -0.1) is 0 Å². The molecule has 2 aromatic rings. The van der Waals surface area contributed by atoms with Crippen LogP contribution in [0, 0.1) is 20.6 Å². The number of rotatable bonds is 3. The minimum absolute atomic E-state index is 0.144. The van der Waals surface area contributed by atoms with Gasteiger partial charge in [0.2, 0.25) is 0 Å². The Morgan fingerprint density at radius 1 is 1.43 bits per heavy atom. The smallest absolute Gasteiger partial charge is 0.270 e. The van der Waals surface area contributed by atoms with Crippen molar-refractivity contribution in [3.63, 3.8) is 0 Å². The van der Waals surface area contributed by atoms with Crippen molar-refractivity contribution in [3.8, 4) is 0 Å². The van der Waals surface area contributed by atoms with Crippen LogP contribution in [0.3, 0.4) is 0 Å². The number of nitro groups is 1. The van der Waals surface area contributed by atoms with Crippen LogP contribution >= 0.6 is 34.2 Å². The minimum atomic E-state index is -0.546. The summed E-state index contributed by atoms with van der Waals surface area (Å²) in [7, 11) is 0. The first-order chi connectivity index (χ1) is 9.90. The Bertz CT molecular complexity index is 716. The fourth-order valence-electron chi connectivity index (χ4n) is 1.66. The van der Waals surface area contributed by atoms with Crippen molar-refractivity contribution in [2.24, 2.45) is 0 Å². The Morgan fingerprint density at radius 3 is 2.76 bits per heavy atom. The van der Waals surface area contributed by atoms with Gasteiger partial charge in [-0.1, -0.05) is 11.6 Å². The molecule has 1 aromatic carbocycles. The lowest BCUT2D eigenvalue weighted by Gasteiger charge is -2.10. The molecule has 8 heteroatoms. The number of halogens is 2. The number of hydrogen-bond acceptors (Lipinski definition) is 4. The fraction of sp³-hybridized carbons (Fsp3) is 0.0769. The van der Waals surface area contributed by atoms with Crippen molar-refractivity contribution in [2.45, 2.75) is 6.92 Å². The van der Waals surface area contributed by atoms with Crippen LogP contribution in [0.5, 0.6) is 0 Å². The predicted molar refractivity (Wildman–Crippen MR) is 87.8 cm³/mol. The zero-order valence-corrected chi connectivity index (χ0v) is 13.7. The van der Waals surface area contributed by atoms with E-state index in [1.807, 2.05) is 22.6 Å². The number of aromatic nitrogens is 1. The van der Waals surface area contributed by atoms with Crippen molar-refractivity contribution in [3.05, 3.63) is 60.4 Å². The largest absolute Gasteiger partial charge is 0.319 e. The van der Waals surface area contributed by atoms with Gasteiger partial charge < -0.3 is 5.32 Å². The van der Waals surface area contributed by atoms with E-state index in [-0.39, 0.29) is 16.4 Å². The number of nitrogens with zero attached hydrogens (tertiary/aromatic N) is 2. The van der Waals surface area contributed by atoms with E-state index in [9.17, 15) is 14.9 Å². The van der Waals surface area contributed by atoms with Crippen LogP contribution in [-0.2, 0) is 0 Å². The van der Waals surface area contributed by atoms with Gasteiger partial charge in [0, 0.05) is 21.9 Å². The molecule has 1 aromatic heterocycles. The molecule has 0 radical (unpaired) electrons. The monoisotopic (exact) mass is 417 g/mol. The van der Waals surface area contributed by atoms with Gasteiger partial charge in [-0.25, -0.2) is 4.98 Å². The number of anilines is 1. The summed E-state index contributed by atoms with van der Waals surface area (Å²) >= 11 is 7.89. The molecule has 0 fully saturated rings. The third-order valence-electron chi connectivity index (χ3n) is 2.76. The van der Waals surface area contributed by atoms with Gasteiger partial charge in [0.25, 0.3) is 11.6 Å². The Balaban J connectivity index is 2.37. The van der Waals surface area contributed by atoms with Gasteiger partial charge in [-0.3, -0.25) is 14.9 Å². The van der Waals surface area contributed by atoms with E-state index in [0.717, 1.165) is 5.56 Å². The standard InChI is InChI=1S/C13H9ClIN3O3/c1-7-4-5-16-12(14)11(7)17-13(19)9-6-8(18(20)21)2-3-10(9)15/h2-6H,1H3,(H,17,19). The van der Waals surface area contributed by atoms with Crippen LogP contribution < -0.4 is 5.32 Å². The van der Waals surface area contributed by atoms with E-state index >= 15 is 0 Å². The zero-order valence-electron chi connectivity index (χ0n) is 10.8. The number of nitrogens with one attached hydrogen (secondary N) is 1. The molecule has 0 aliphatic rings. The molecule has 2 rings (SSSR count). The van der Waals surface area contributed by atoms with Gasteiger partial charge in [0.15, 0.2) is 5.15 Å². The molecule has 108 valence electrons. The topological polar surface area (TPSA) is 85.1 Å². The number of nitro benzene ring substituents is 1. The molecule has 0 bridgehead atoms. The van der Waals surface area contributed by atoms with Crippen molar-refractivity contribution in [2.75, 3.05) is 5.32 Å². The van der Waals surface area contributed by atoms with Gasteiger partial charge in [-0.2, -0.15) is 0 Å². The Labute approximate surface area is 138 Å². The maximum absolute atomic E-state index is 12.3. The molecule has 0 saturated heterocycles. The summed E-state index contributed by atoms with van der Waals surface area (Å²) in [4.78, 5) is 26.4. The maximum Gasteiger partial charge on any atom is 0.270 e. The molecule has 1 heterocycles. The third kappa shape index (κ3) is 3.48. The molecule has 0 saturated carbocycles. The SMILES string of the molecule is Cc1ccnc(Cl)c1NC(=O)c1cc([N+](=O)[O-])ccc1I. The van der Waals surface area contributed by atoms with E-state index in [1.54, 1.807) is 13.0 Å². The van der Waals surface area contributed by atoms with Gasteiger partial charge in [0.1, 0.15) is 0 Å². The van der Waals surface area contributed by atoms with E-state index in [1.165, 1.54) is 24.4 Å². The summed E-state index contributed by atoms with van der Waals surface area (Å²) in [5.41, 5.74) is 1.22. The number of carbonyl (C=O) groups is 1.